The highest BCUT2D eigenvalue weighted by molar-refractivity contribution is 5.71. The van der Waals surface area contributed by atoms with E-state index >= 15 is 0 Å². The Kier molecular flexibility index (Phi) is 3.81. The average Bonchev–Trinajstić information content (AvgIpc) is 3.15. The normalized spacial score (nSPS) is 20.5. The number of hydrogen-bond donors (Lipinski definition) is 0. The van der Waals surface area contributed by atoms with E-state index in [-0.39, 0.29) is 5.41 Å². The largest absolute Gasteiger partial charge is 0.213 e. The lowest BCUT2D eigenvalue weighted by atomic mass is 9.70. The molecule has 0 unspecified atom stereocenters. The molecule has 28 heavy (non-hydrogen) atoms. The van der Waals surface area contributed by atoms with Gasteiger partial charge in [-0.2, -0.15) is 0 Å². The van der Waals surface area contributed by atoms with Gasteiger partial charge in [0.05, 0.1) is 0 Å². The molecule has 0 aliphatic heterocycles. The lowest BCUT2D eigenvalue weighted by Gasteiger charge is -2.35. The van der Waals surface area contributed by atoms with Gasteiger partial charge in [0.25, 0.3) is 0 Å². The van der Waals surface area contributed by atoms with Crippen LogP contribution in [0.15, 0.2) is 60.8 Å². The fourth-order valence-corrected chi connectivity index (χ4v) is 5.18. The van der Waals surface area contributed by atoms with Gasteiger partial charge in [-0.3, -0.25) is 0 Å². The highest BCUT2D eigenvalue weighted by Crippen LogP contribution is 2.48. The van der Waals surface area contributed by atoms with Gasteiger partial charge in [0.2, 0.25) is 5.69 Å². The average molecular weight is 371 g/mol. The van der Waals surface area contributed by atoms with Gasteiger partial charge < -0.3 is 0 Å². The first-order valence-electron chi connectivity index (χ1n) is 11.6. The molecule has 0 saturated heterocycles. The van der Waals surface area contributed by atoms with Crippen molar-refractivity contribution in [3.63, 3.8) is 0 Å². The van der Waals surface area contributed by atoms with Crippen molar-refractivity contribution >= 4 is 0 Å². The minimum atomic E-state index is -1.24. The summed E-state index contributed by atoms with van der Waals surface area (Å²) in [6.07, 6.45) is 7.46. The topological polar surface area (TPSA) is 3.88 Å². The summed E-state index contributed by atoms with van der Waals surface area (Å²) in [7, 11) is 2.08. The predicted octanol–water partition coefficient (Wildman–Crippen LogP) is 6.20. The molecule has 1 fully saturated rings. The zero-order chi connectivity index (χ0) is 20.9. The van der Waals surface area contributed by atoms with Crippen LogP contribution in [0.4, 0.5) is 0 Å². The van der Waals surface area contributed by atoms with Crippen molar-refractivity contribution in [2.75, 3.05) is 0 Å². The smallest absolute Gasteiger partial charge is 0.201 e. The standard InChI is InChI=1S/C27H30N/c1-20-7-3-4-8-25(20)26-18-23(12-16-28(26)2)21-9-10-24-19-27(13-5-6-14-27)15-11-22(24)17-21/h3-4,7-10,12,16-18H,5-6,11,13-15,19H2,1-2H3/q+1/i11D2. The van der Waals surface area contributed by atoms with E-state index in [1.165, 1.54) is 48.1 Å². The van der Waals surface area contributed by atoms with Gasteiger partial charge in [-0.1, -0.05) is 49.2 Å². The summed E-state index contributed by atoms with van der Waals surface area (Å²) in [5, 5.41) is 0. The monoisotopic (exact) mass is 370 g/mol. The maximum absolute atomic E-state index is 8.86. The molecule has 142 valence electrons. The van der Waals surface area contributed by atoms with Crippen LogP contribution in [0, 0.1) is 12.3 Å². The molecule has 0 atom stereocenters. The molecule has 1 aromatic heterocycles. The van der Waals surface area contributed by atoms with E-state index in [1.54, 1.807) is 0 Å². The summed E-state index contributed by atoms with van der Waals surface area (Å²) in [6, 6.07) is 19.4. The number of pyridine rings is 1. The van der Waals surface area contributed by atoms with E-state index < -0.39 is 6.37 Å². The number of aromatic nitrogens is 1. The lowest BCUT2D eigenvalue weighted by Crippen LogP contribution is -2.30. The van der Waals surface area contributed by atoms with Gasteiger partial charge in [-0.05, 0) is 78.3 Å². The summed E-state index contributed by atoms with van der Waals surface area (Å²) in [5.74, 6) is 0. The van der Waals surface area contributed by atoms with Crippen LogP contribution in [0.5, 0.6) is 0 Å². The molecule has 2 aliphatic rings. The van der Waals surface area contributed by atoms with E-state index in [9.17, 15) is 0 Å². The zero-order valence-electron chi connectivity index (χ0n) is 19.0. The minimum absolute atomic E-state index is 0.191. The van der Waals surface area contributed by atoms with Crippen LogP contribution in [0.3, 0.4) is 0 Å². The van der Waals surface area contributed by atoms with Crippen LogP contribution >= 0.6 is 0 Å². The molecule has 1 spiro atoms. The summed E-state index contributed by atoms with van der Waals surface area (Å²) in [4.78, 5) is 0. The van der Waals surface area contributed by atoms with Crippen molar-refractivity contribution in [1.82, 2.24) is 0 Å². The second-order valence-corrected chi connectivity index (χ2v) is 8.84. The number of rotatable bonds is 2. The third kappa shape index (κ3) is 3.07. The Morgan fingerprint density at radius 3 is 2.50 bits per heavy atom. The Hall–Kier alpha value is -2.41. The molecule has 0 amide bonds. The highest BCUT2D eigenvalue weighted by atomic mass is 14.9. The number of fused-ring (bicyclic) bond motifs is 1. The number of hydrogen-bond acceptors (Lipinski definition) is 0. The zero-order valence-corrected chi connectivity index (χ0v) is 17.0. The molecular formula is C27H30N+. The number of aryl methyl sites for hydroxylation is 3. The van der Waals surface area contributed by atoms with Crippen LogP contribution in [0.2, 0.25) is 0 Å². The molecule has 1 heterocycles. The first-order valence-corrected chi connectivity index (χ1v) is 10.6. The number of nitrogens with zero attached hydrogens (tertiary/aromatic N) is 1. The Morgan fingerprint density at radius 2 is 1.68 bits per heavy atom. The second kappa shape index (κ2) is 6.88. The summed E-state index contributed by atoms with van der Waals surface area (Å²) >= 11 is 0. The molecule has 1 saturated carbocycles. The van der Waals surface area contributed by atoms with Crippen molar-refractivity contribution in [3.8, 4) is 22.4 Å². The quantitative estimate of drug-likeness (QED) is 0.473. The van der Waals surface area contributed by atoms with Crippen LogP contribution in [0.25, 0.3) is 22.4 Å². The minimum Gasteiger partial charge on any atom is -0.201 e. The molecule has 1 heteroatoms. The van der Waals surface area contributed by atoms with Crippen LogP contribution in [-0.4, -0.2) is 0 Å². The van der Waals surface area contributed by atoms with Crippen LogP contribution < -0.4 is 4.57 Å². The predicted molar refractivity (Wildman–Crippen MR) is 116 cm³/mol. The molecule has 2 aliphatic carbocycles. The van der Waals surface area contributed by atoms with Gasteiger partial charge in [-0.15, -0.1) is 0 Å². The lowest BCUT2D eigenvalue weighted by molar-refractivity contribution is -0.660. The van der Waals surface area contributed by atoms with E-state index in [0.717, 1.165) is 23.1 Å². The van der Waals surface area contributed by atoms with Crippen LogP contribution in [0.1, 0.15) is 51.5 Å². The van der Waals surface area contributed by atoms with Crippen molar-refractivity contribution in [3.05, 3.63) is 77.5 Å². The molecule has 3 aromatic rings. The summed E-state index contributed by atoms with van der Waals surface area (Å²) in [5.41, 5.74) is 8.24. The van der Waals surface area contributed by atoms with Crippen LogP contribution in [-0.2, 0) is 19.8 Å². The molecule has 0 N–H and O–H groups in total. The van der Waals surface area contributed by atoms with E-state index in [4.69, 9.17) is 2.74 Å². The fraction of sp³-hybridized carbons (Fsp3) is 0.370. The van der Waals surface area contributed by atoms with E-state index in [2.05, 4.69) is 79.3 Å². The van der Waals surface area contributed by atoms with E-state index in [1.807, 2.05) is 0 Å². The Bertz CT molecular complexity index is 1110. The SMILES string of the molecule is [2H]C1([2H])CC2(CCCC2)Cc2ccc(-c3cc[n+](C)c(-c4ccccc4C)c3)cc21. The first-order chi connectivity index (χ1) is 14.4. The molecule has 0 radical (unpaired) electrons. The molecule has 5 rings (SSSR count). The van der Waals surface area contributed by atoms with Crippen molar-refractivity contribution in [2.24, 2.45) is 12.5 Å². The van der Waals surface area contributed by atoms with Crippen molar-refractivity contribution in [1.29, 1.82) is 0 Å². The fourth-order valence-electron chi connectivity index (χ4n) is 5.18. The Morgan fingerprint density at radius 1 is 0.893 bits per heavy atom. The summed E-state index contributed by atoms with van der Waals surface area (Å²) < 4.78 is 19.9. The maximum atomic E-state index is 8.86. The van der Waals surface area contributed by atoms with Crippen molar-refractivity contribution in [2.45, 2.75) is 51.8 Å². The van der Waals surface area contributed by atoms with Gasteiger partial charge >= 0.3 is 0 Å². The Balaban J connectivity index is 1.57. The van der Waals surface area contributed by atoms with Crippen molar-refractivity contribution < 1.29 is 7.31 Å². The van der Waals surface area contributed by atoms with E-state index in [0.29, 0.717) is 6.42 Å². The molecular weight excluding hydrogens is 338 g/mol. The second-order valence-electron chi connectivity index (χ2n) is 8.84. The van der Waals surface area contributed by atoms with Gasteiger partial charge in [0.15, 0.2) is 6.20 Å². The highest BCUT2D eigenvalue weighted by Gasteiger charge is 2.36. The molecule has 2 aromatic carbocycles. The maximum Gasteiger partial charge on any atom is 0.213 e. The van der Waals surface area contributed by atoms with Gasteiger partial charge in [0, 0.05) is 20.4 Å². The third-order valence-corrected chi connectivity index (χ3v) is 6.90. The molecule has 0 bridgehead atoms. The molecule has 1 nitrogen and oxygen atoms in total. The third-order valence-electron chi connectivity index (χ3n) is 6.90. The van der Waals surface area contributed by atoms with Gasteiger partial charge in [0.1, 0.15) is 7.05 Å². The summed E-state index contributed by atoms with van der Waals surface area (Å²) in [6.45, 7) is 2.15. The first kappa shape index (κ1) is 15.5. The number of benzene rings is 2. The van der Waals surface area contributed by atoms with Gasteiger partial charge in [-0.25, -0.2) is 4.57 Å². The Labute approximate surface area is 171 Å².